The summed E-state index contributed by atoms with van der Waals surface area (Å²) in [6.45, 7) is 0.727. The van der Waals surface area contributed by atoms with Crippen LogP contribution in [0.2, 0.25) is 0 Å². The molecule has 0 unspecified atom stereocenters. The first-order valence-corrected chi connectivity index (χ1v) is 13.7. The zero-order valence-electron chi connectivity index (χ0n) is 20.9. The number of halogens is 1. The lowest BCUT2D eigenvalue weighted by molar-refractivity contribution is -0.737. The molecule has 0 aliphatic rings. The van der Waals surface area contributed by atoms with Gasteiger partial charge in [-0.1, -0.05) is 18.2 Å². The number of esters is 1. The monoisotopic (exact) mass is 597 g/mol. The van der Waals surface area contributed by atoms with Gasteiger partial charge in [-0.3, -0.25) is 0 Å². The van der Waals surface area contributed by atoms with Crippen molar-refractivity contribution in [3.63, 3.8) is 0 Å². The molecule has 202 valence electrons. The maximum absolute atomic E-state index is 13.0. The summed E-state index contributed by atoms with van der Waals surface area (Å²) in [6.07, 6.45) is -0.940. The molecular formula is C26H34BrN2O7S+. The Morgan fingerprint density at radius 1 is 1.16 bits per heavy atom. The number of aryl methyl sites for hydroxylation is 1. The minimum absolute atomic E-state index is 0.0722. The predicted octanol–water partition coefficient (Wildman–Crippen LogP) is 1.43. The van der Waals surface area contributed by atoms with Crippen LogP contribution in [0.25, 0.3) is 10.9 Å². The van der Waals surface area contributed by atoms with Crippen LogP contribution in [-0.4, -0.2) is 82.2 Å². The molecule has 37 heavy (non-hydrogen) atoms. The van der Waals surface area contributed by atoms with E-state index in [0.717, 1.165) is 16.1 Å². The number of quaternary nitrogens is 1. The highest BCUT2D eigenvalue weighted by Gasteiger charge is 2.32. The van der Waals surface area contributed by atoms with Crippen molar-refractivity contribution < 1.29 is 40.0 Å². The molecule has 2 aromatic carbocycles. The van der Waals surface area contributed by atoms with Gasteiger partial charge in [0.1, 0.15) is 44.8 Å². The molecule has 0 amide bonds. The average Bonchev–Trinajstić information content (AvgIpc) is 3.18. The zero-order chi connectivity index (χ0) is 27.0. The van der Waals surface area contributed by atoms with Crippen LogP contribution in [0.15, 0.2) is 51.8 Å². The van der Waals surface area contributed by atoms with Crippen LogP contribution in [0, 0.1) is 0 Å². The van der Waals surface area contributed by atoms with E-state index in [4.69, 9.17) is 9.47 Å². The number of thioether (sulfide) groups is 1. The molecule has 3 rings (SSSR count). The van der Waals surface area contributed by atoms with Crippen molar-refractivity contribution in [2.45, 2.75) is 29.2 Å². The van der Waals surface area contributed by atoms with Gasteiger partial charge in [-0.05, 0) is 47.1 Å². The molecule has 0 aliphatic heterocycles. The van der Waals surface area contributed by atoms with E-state index in [1.807, 2.05) is 48.0 Å². The number of carbonyl (C=O) groups excluding carboxylic acids is 1. The first kappa shape index (κ1) is 29.4. The Morgan fingerprint density at radius 3 is 2.46 bits per heavy atom. The van der Waals surface area contributed by atoms with Crippen molar-refractivity contribution in [2.75, 3.05) is 39.6 Å². The SMILES string of the molecule is CCOC(=O)c1c(CSc2ccccc2)n(C)c2cc(Br)c(OC[C@H](O)C[NH2+]C(CO)(CO)CO)cc12. The Balaban J connectivity index is 1.85. The fourth-order valence-electron chi connectivity index (χ4n) is 3.85. The van der Waals surface area contributed by atoms with Crippen molar-refractivity contribution in [3.05, 3.63) is 58.2 Å². The van der Waals surface area contributed by atoms with Crippen molar-refractivity contribution >= 4 is 44.6 Å². The molecule has 6 N–H and O–H groups in total. The summed E-state index contributed by atoms with van der Waals surface area (Å²) >= 11 is 5.16. The number of benzene rings is 2. The largest absolute Gasteiger partial charge is 0.489 e. The molecule has 0 aliphatic carbocycles. The van der Waals surface area contributed by atoms with Gasteiger partial charge in [-0.2, -0.15) is 0 Å². The molecular weight excluding hydrogens is 564 g/mol. The molecule has 1 aromatic heterocycles. The number of aliphatic hydroxyl groups excluding tert-OH is 4. The van der Waals surface area contributed by atoms with Crippen LogP contribution < -0.4 is 10.1 Å². The third-order valence-corrected chi connectivity index (χ3v) is 7.81. The summed E-state index contributed by atoms with van der Waals surface area (Å²) in [5.41, 5.74) is 0.966. The van der Waals surface area contributed by atoms with E-state index in [2.05, 4.69) is 15.9 Å². The number of ether oxygens (including phenoxy) is 2. The van der Waals surface area contributed by atoms with Gasteiger partial charge in [0, 0.05) is 28.8 Å². The van der Waals surface area contributed by atoms with Crippen molar-refractivity contribution in [3.8, 4) is 5.75 Å². The molecule has 0 spiro atoms. The van der Waals surface area contributed by atoms with Crippen LogP contribution >= 0.6 is 27.7 Å². The lowest BCUT2D eigenvalue weighted by atomic mass is 10.0. The summed E-state index contributed by atoms with van der Waals surface area (Å²) in [6, 6.07) is 13.6. The van der Waals surface area contributed by atoms with Crippen LogP contribution in [0.5, 0.6) is 5.75 Å². The Labute approximate surface area is 228 Å². The Morgan fingerprint density at radius 2 is 1.84 bits per heavy atom. The van der Waals surface area contributed by atoms with Gasteiger partial charge in [-0.25, -0.2) is 4.79 Å². The molecule has 0 saturated carbocycles. The average molecular weight is 599 g/mol. The first-order valence-electron chi connectivity index (χ1n) is 11.9. The second-order valence-corrected chi connectivity index (χ2v) is 10.6. The molecule has 9 nitrogen and oxygen atoms in total. The Hall–Kier alpha value is -2.12. The fraction of sp³-hybridized carbons (Fsp3) is 0.423. The highest BCUT2D eigenvalue weighted by atomic mass is 79.9. The molecule has 0 bridgehead atoms. The van der Waals surface area contributed by atoms with Crippen LogP contribution in [0.1, 0.15) is 23.0 Å². The third-order valence-electron chi connectivity index (χ3n) is 6.17. The minimum Gasteiger partial charge on any atom is -0.489 e. The van der Waals surface area contributed by atoms with E-state index in [0.29, 0.717) is 26.9 Å². The van der Waals surface area contributed by atoms with E-state index in [-0.39, 0.29) is 19.8 Å². The second kappa shape index (κ2) is 13.6. The van der Waals surface area contributed by atoms with Gasteiger partial charge < -0.3 is 39.8 Å². The van der Waals surface area contributed by atoms with Crippen molar-refractivity contribution in [2.24, 2.45) is 7.05 Å². The van der Waals surface area contributed by atoms with E-state index in [9.17, 15) is 25.2 Å². The van der Waals surface area contributed by atoms with Crippen LogP contribution in [0.4, 0.5) is 0 Å². The van der Waals surface area contributed by atoms with Gasteiger partial charge in [0.2, 0.25) is 0 Å². The van der Waals surface area contributed by atoms with Crippen molar-refractivity contribution in [1.29, 1.82) is 0 Å². The van der Waals surface area contributed by atoms with Gasteiger partial charge in [0.05, 0.1) is 22.2 Å². The van der Waals surface area contributed by atoms with E-state index >= 15 is 0 Å². The standard InChI is InChI=1S/C26H33BrN2O7S/c1-3-35-25(34)24-19-9-23(36-12-17(33)11-28-26(14-30,15-31)16-32)20(27)10-21(19)29(2)22(24)13-37-18-7-5-4-6-8-18/h4-10,17,28,30-33H,3,11-16H2,1-2H3/p+1/t17-/m1/s1. The molecule has 3 aromatic rings. The fourth-order valence-corrected chi connectivity index (χ4v) is 5.29. The predicted molar refractivity (Wildman–Crippen MR) is 145 cm³/mol. The summed E-state index contributed by atoms with van der Waals surface area (Å²) < 4.78 is 13.9. The number of fused-ring (bicyclic) bond motifs is 1. The molecule has 1 heterocycles. The number of nitrogens with two attached hydrogens (primary N) is 1. The van der Waals surface area contributed by atoms with Gasteiger partial charge in [-0.15, -0.1) is 11.8 Å². The highest BCUT2D eigenvalue weighted by molar-refractivity contribution is 9.10. The number of rotatable bonds is 14. The summed E-state index contributed by atoms with van der Waals surface area (Å²) in [5.74, 6) is 0.601. The minimum atomic E-state index is -1.17. The lowest BCUT2D eigenvalue weighted by Crippen LogP contribution is -3.01. The smallest absolute Gasteiger partial charge is 0.340 e. The summed E-state index contributed by atoms with van der Waals surface area (Å²) in [4.78, 5) is 14.1. The molecule has 11 heteroatoms. The van der Waals surface area contributed by atoms with E-state index in [1.165, 1.54) is 5.32 Å². The molecule has 1 atom stereocenters. The normalized spacial score (nSPS) is 12.6. The maximum atomic E-state index is 13.0. The second-order valence-electron chi connectivity index (χ2n) is 8.74. The van der Waals surface area contributed by atoms with Gasteiger partial charge in [0.25, 0.3) is 0 Å². The Bertz CT molecular complexity index is 1180. The molecule has 0 radical (unpaired) electrons. The molecule has 0 saturated heterocycles. The first-order chi connectivity index (χ1) is 17.8. The quantitative estimate of drug-likeness (QED) is 0.139. The molecule has 0 fully saturated rings. The number of hydrogen-bond donors (Lipinski definition) is 5. The topological polar surface area (TPSA) is 138 Å². The van der Waals surface area contributed by atoms with E-state index in [1.54, 1.807) is 24.8 Å². The number of carbonyl (C=O) groups is 1. The van der Waals surface area contributed by atoms with E-state index < -0.39 is 37.4 Å². The van der Waals surface area contributed by atoms with Gasteiger partial charge in [0.15, 0.2) is 5.54 Å². The number of aromatic nitrogens is 1. The number of aliphatic hydroxyl groups is 4. The zero-order valence-corrected chi connectivity index (χ0v) is 23.3. The summed E-state index contributed by atoms with van der Waals surface area (Å²) in [7, 11) is 1.91. The van der Waals surface area contributed by atoms with Crippen molar-refractivity contribution in [1.82, 2.24) is 4.57 Å². The third kappa shape index (κ3) is 7.05. The van der Waals surface area contributed by atoms with Crippen LogP contribution in [-0.2, 0) is 17.5 Å². The summed E-state index contributed by atoms with van der Waals surface area (Å²) in [5, 5.41) is 41.0. The maximum Gasteiger partial charge on any atom is 0.340 e. The lowest BCUT2D eigenvalue weighted by Gasteiger charge is -2.26. The Kier molecular flexibility index (Phi) is 10.8. The number of nitrogens with zero attached hydrogens (tertiary/aromatic N) is 1. The van der Waals surface area contributed by atoms with Gasteiger partial charge >= 0.3 is 5.97 Å². The highest BCUT2D eigenvalue weighted by Crippen LogP contribution is 2.37. The number of hydrogen-bond acceptors (Lipinski definition) is 8. The van der Waals surface area contributed by atoms with Crippen LogP contribution in [0.3, 0.4) is 0 Å².